The van der Waals surface area contributed by atoms with E-state index in [1.165, 1.54) is 25.7 Å². The first kappa shape index (κ1) is 21.6. The van der Waals surface area contributed by atoms with Crippen LogP contribution in [0.25, 0.3) is 0 Å². The van der Waals surface area contributed by atoms with Crippen molar-refractivity contribution in [3.05, 3.63) is 0 Å². The Bertz CT molecular complexity index is 634. The molecule has 29 heavy (non-hydrogen) atoms. The van der Waals surface area contributed by atoms with Crippen LogP contribution in [0.15, 0.2) is 0 Å². The molecule has 0 spiro atoms. The zero-order valence-corrected chi connectivity index (χ0v) is 18.8. The van der Waals surface area contributed by atoms with Crippen molar-refractivity contribution in [1.82, 2.24) is 0 Å². The monoisotopic (exact) mass is 406 g/mol. The largest absolute Gasteiger partial charge is 0.481 e. The second kappa shape index (κ2) is 7.51. The third-order valence-electron chi connectivity index (χ3n) is 10.7. The fraction of sp³-hybridized carbons (Fsp3) is 0.960. The maximum atomic E-state index is 11.5. The number of rotatable bonds is 4. The number of carboxylic acids is 1. The standard InChI is InChI=1S/C25H42O4/c1-14(5-8-21(27)28)17-6-7-18-22-19(10-12-24(17,18)3)25(4)11-9-16(26)13-20(25)15(2)23(22)29/h14-20,22-23,26,29H,5-13H2,1-4H3,(H,27,28)/t14-,15-,16-,17-,18?,19?,20+,22?,23?,24-,25-/m1/s1. The molecule has 0 amide bonds. The Hall–Kier alpha value is -0.610. The predicted molar refractivity (Wildman–Crippen MR) is 113 cm³/mol. The lowest BCUT2D eigenvalue weighted by Gasteiger charge is -2.64. The van der Waals surface area contributed by atoms with Gasteiger partial charge in [-0.3, -0.25) is 4.79 Å². The van der Waals surface area contributed by atoms with Crippen LogP contribution in [0.2, 0.25) is 0 Å². The molecule has 0 aromatic rings. The van der Waals surface area contributed by atoms with Gasteiger partial charge in [0.05, 0.1) is 12.2 Å². The van der Waals surface area contributed by atoms with Crippen LogP contribution in [-0.2, 0) is 4.79 Å². The second-order valence-corrected chi connectivity index (χ2v) is 11.8. The summed E-state index contributed by atoms with van der Waals surface area (Å²) in [5.74, 6) is 2.50. The van der Waals surface area contributed by atoms with E-state index in [0.717, 1.165) is 25.7 Å². The van der Waals surface area contributed by atoms with Crippen LogP contribution < -0.4 is 0 Å². The van der Waals surface area contributed by atoms with E-state index in [0.29, 0.717) is 35.5 Å². The highest BCUT2D eigenvalue weighted by Crippen LogP contribution is 2.69. The Kier molecular flexibility index (Phi) is 5.60. The topological polar surface area (TPSA) is 77.8 Å². The lowest BCUT2D eigenvalue weighted by Crippen LogP contribution is -2.61. The van der Waals surface area contributed by atoms with Gasteiger partial charge in [-0.25, -0.2) is 0 Å². The molecule has 0 aliphatic heterocycles. The van der Waals surface area contributed by atoms with Crippen LogP contribution >= 0.6 is 0 Å². The summed E-state index contributed by atoms with van der Waals surface area (Å²) in [4.78, 5) is 11.1. The highest BCUT2D eigenvalue weighted by Gasteiger charge is 2.64. The van der Waals surface area contributed by atoms with Crippen molar-refractivity contribution in [2.75, 3.05) is 0 Å². The Morgan fingerprint density at radius 1 is 1.00 bits per heavy atom. The van der Waals surface area contributed by atoms with Crippen molar-refractivity contribution < 1.29 is 20.1 Å². The molecule has 0 heterocycles. The van der Waals surface area contributed by atoms with E-state index < -0.39 is 5.97 Å². The van der Waals surface area contributed by atoms with Crippen molar-refractivity contribution in [1.29, 1.82) is 0 Å². The van der Waals surface area contributed by atoms with Gasteiger partial charge in [0.25, 0.3) is 0 Å². The molecule has 4 unspecified atom stereocenters. The average molecular weight is 407 g/mol. The van der Waals surface area contributed by atoms with E-state index >= 15 is 0 Å². The summed E-state index contributed by atoms with van der Waals surface area (Å²) >= 11 is 0. The summed E-state index contributed by atoms with van der Waals surface area (Å²) < 4.78 is 0. The van der Waals surface area contributed by atoms with Crippen LogP contribution in [0.1, 0.15) is 85.5 Å². The predicted octanol–water partition coefficient (Wildman–Crippen LogP) is 4.72. The van der Waals surface area contributed by atoms with E-state index in [4.69, 9.17) is 5.11 Å². The Morgan fingerprint density at radius 2 is 1.66 bits per heavy atom. The molecule has 4 aliphatic rings. The SMILES string of the molecule is C[C@H](CCC(=O)O)[C@H]1CCC2C3C(O)[C@H](C)[C@@H]4C[C@H](O)CC[C@]4(C)C3CC[C@@]21C. The summed E-state index contributed by atoms with van der Waals surface area (Å²) in [6, 6.07) is 0. The molecule has 4 saturated carbocycles. The van der Waals surface area contributed by atoms with E-state index in [9.17, 15) is 15.0 Å². The minimum atomic E-state index is -0.685. The minimum Gasteiger partial charge on any atom is -0.481 e. The molecule has 0 radical (unpaired) electrons. The third-order valence-corrected chi connectivity index (χ3v) is 10.7. The van der Waals surface area contributed by atoms with Crippen LogP contribution in [0.5, 0.6) is 0 Å². The Balaban J connectivity index is 1.59. The van der Waals surface area contributed by atoms with Gasteiger partial charge >= 0.3 is 5.97 Å². The number of fused-ring (bicyclic) bond motifs is 5. The number of aliphatic carboxylic acids is 1. The molecule has 166 valence electrons. The first-order chi connectivity index (χ1) is 13.6. The van der Waals surface area contributed by atoms with Gasteiger partial charge < -0.3 is 15.3 Å². The quantitative estimate of drug-likeness (QED) is 0.631. The van der Waals surface area contributed by atoms with Gasteiger partial charge in [0.1, 0.15) is 0 Å². The zero-order chi connectivity index (χ0) is 21.1. The minimum absolute atomic E-state index is 0.195. The molecule has 4 aliphatic carbocycles. The molecule has 4 rings (SSSR count). The van der Waals surface area contributed by atoms with E-state index in [1.807, 2.05) is 0 Å². The molecule has 4 fully saturated rings. The maximum absolute atomic E-state index is 11.5. The molecule has 0 bridgehead atoms. The van der Waals surface area contributed by atoms with E-state index in [1.54, 1.807) is 0 Å². The van der Waals surface area contributed by atoms with Gasteiger partial charge in [-0.15, -0.1) is 0 Å². The second-order valence-electron chi connectivity index (χ2n) is 11.8. The number of carbonyl (C=O) groups is 1. The van der Waals surface area contributed by atoms with Gasteiger partial charge in [-0.2, -0.15) is 0 Å². The molecule has 4 nitrogen and oxygen atoms in total. The highest BCUT2D eigenvalue weighted by molar-refractivity contribution is 5.66. The number of hydrogen-bond donors (Lipinski definition) is 3. The Morgan fingerprint density at radius 3 is 2.34 bits per heavy atom. The average Bonchev–Trinajstić information content (AvgIpc) is 3.02. The van der Waals surface area contributed by atoms with Crippen molar-refractivity contribution in [2.24, 2.45) is 52.3 Å². The smallest absolute Gasteiger partial charge is 0.303 e. The van der Waals surface area contributed by atoms with E-state index in [2.05, 4.69) is 27.7 Å². The maximum Gasteiger partial charge on any atom is 0.303 e. The first-order valence-electron chi connectivity index (χ1n) is 12.2. The van der Waals surface area contributed by atoms with Gasteiger partial charge in [0, 0.05) is 6.42 Å². The van der Waals surface area contributed by atoms with Gasteiger partial charge in [0.15, 0.2) is 0 Å². The van der Waals surface area contributed by atoms with Crippen molar-refractivity contribution in [3.8, 4) is 0 Å². The summed E-state index contributed by atoms with van der Waals surface area (Å²) in [6.07, 6.45) is 8.22. The number of aliphatic hydroxyl groups is 2. The van der Waals surface area contributed by atoms with Crippen molar-refractivity contribution in [3.63, 3.8) is 0 Å². The molecular formula is C25H42O4. The van der Waals surface area contributed by atoms with Gasteiger partial charge in [-0.05, 0) is 104 Å². The molecule has 11 atom stereocenters. The Labute approximate surface area is 176 Å². The fourth-order valence-electron chi connectivity index (χ4n) is 9.18. The van der Waals surface area contributed by atoms with E-state index in [-0.39, 0.29) is 35.4 Å². The van der Waals surface area contributed by atoms with Crippen LogP contribution in [0.3, 0.4) is 0 Å². The molecule has 3 N–H and O–H groups in total. The number of carboxylic acid groups (broad SMARTS) is 1. The van der Waals surface area contributed by atoms with Crippen molar-refractivity contribution >= 4 is 5.97 Å². The van der Waals surface area contributed by atoms with Crippen molar-refractivity contribution in [2.45, 2.75) is 97.7 Å². The summed E-state index contributed by atoms with van der Waals surface area (Å²) in [5.41, 5.74) is 0.480. The summed E-state index contributed by atoms with van der Waals surface area (Å²) in [7, 11) is 0. The molecule has 0 aromatic carbocycles. The van der Waals surface area contributed by atoms with Crippen LogP contribution in [-0.4, -0.2) is 33.5 Å². The normalized spacial score (nSPS) is 52.9. The van der Waals surface area contributed by atoms with Crippen LogP contribution in [0.4, 0.5) is 0 Å². The number of hydrogen-bond acceptors (Lipinski definition) is 3. The highest BCUT2D eigenvalue weighted by atomic mass is 16.4. The summed E-state index contributed by atoms with van der Waals surface area (Å²) in [5, 5.41) is 31.0. The number of aliphatic hydroxyl groups excluding tert-OH is 2. The molecule has 0 saturated heterocycles. The van der Waals surface area contributed by atoms with Gasteiger partial charge in [-0.1, -0.05) is 27.7 Å². The molecule has 4 heteroatoms. The lowest BCUT2D eigenvalue weighted by atomic mass is 9.42. The molecule has 0 aromatic heterocycles. The fourth-order valence-corrected chi connectivity index (χ4v) is 9.18. The lowest BCUT2D eigenvalue weighted by molar-refractivity contribution is -0.199. The van der Waals surface area contributed by atoms with Crippen LogP contribution in [0, 0.1) is 52.3 Å². The third kappa shape index (κ3) is 3.28. The first-order valence-corrected chi connectivity index (χ1v) is 12.2. The molecular weight excluding hydrogens is 364 g/mol. The van der Waals surface area contributed by atoms with Gasteiger partial charge in [0.2, 0.25) is 0 Å². The zero-order valence-electron chi connectivity index (χ0n) is 18.8. The summed E-state index contributed by atoms with van der Waals surface area (Å²) in [6.45, 7) is 9.41.